The molecule has 4 rings (SSSR count). The van der Waals surface area contributed by atoms with Gasteiger partial charge < -0.3 is 19.6 Å². The summed E-state index contributed by atoms with van der Waals surface area (Å²) >= 11 is 3.54. The number of carbonyl (C=O) groups excluding carboxylic acids is 2. The number of hydrogen-bond acceptors (Lipinski definition) is 3. The predicted octanol–water partition coefficient (Wildman–Crippen LogP) is 4.72. The van der Waals surface area contributed by atoms with E-state index in [0.29, 0.717) is 27.2 Å². The minimum Gasteiger partial charge on any atom is -0.467 e. The number of halogens is 1. The third-order valence-electron chi connectivity index (χ3n) is 4.68. The molecule has 2 aromatic carbocycles. The van der Waals surface area contributed by atoms with Crippen LogP contribution in [0.15, 0.2) is 75.8 Å². The van der Waals surface area contributed by atoms with Gasteiger partial charge in [-0.15, -0.1) is 0 Å². The Balaban J connectivity index is 1.59. The van der Waals surface area contributed by atoms with E-state index in [0.717, 1.165) is 10.9 Å². The Morgan fingerprint density at radius 2 is 1.76 bits per heavy atom. The lowest BCUT2D eigenvalue weighted by Crippen LogP contribution is -2.25. The van der Waals surface area contributed by atoms with Crippen LogP contribution in [-0.2, 0) is 13.6 Å². The number of furan rings is 1. The molecule has 0 bridgehead atoms. The average Bonchev–Trinajstić information content (AvgIpc) is 3.34. The number of anilines is 1. The summed E-state index contributed by atoms with van der Waals surface area (Å²) in [5, 5.41) is 6.62. The molecule has 146 valence electrons. The van der Waals surface area contributed by atoms with Crippen LogP contribution in [0, 0.1) is 0 Å². The van der Waals surface area contributed by atoms with Gasteiger partial charge in [0, 0.05) is 18.0 Å². The molecule has 0 saturated heterocycles. The summed E-state index contributed by atoms with van der Waals surface area (Å²) in [7, 11) is 1.84. The molecule has 6 nitrogen and oxygen atoms in total. The molecule has 0 spiro atoms. The number of para-hydroxylation sites is 2. The normalized spacial score (nSPS) is 10.8. The van der Waals surface area contributed by atoms with Gasteiger partial charge in [-0.25, -0.2) is 0 Å². The number of carbonyl (C=O) groups is 2. The van der Waals surface area contributed by atoms with Crippen LogP contribution in [0.3, 0.4) is 0 Å². The Bertz CT molecular complexity index is 1160. The van der Waals surface area contributed by atoms with Crippen LogP contribution in [-0.4, -0.2) is 16.4 Å². The van der Waals surface area contributed by atoms with Gasteiger partial charge in [-0.2, -0.15) is 0 Å². The highest BCUT2D eigenvalue weighted by Crippen LogP contribution is 2.31. The topological polar surface area (TPSA) is 76.3 Å². The largest absolute Gasteiger partial charge is 0.467 e. The molecule has 0 saturated carbocycles. The molecule has 4 aromatic rings. The summed E-state index contributed by atoms with van der Waals surface area (Å²) in [5.74, 6) is 0.0505. The highest BCUT2D eigenvalue weighted by molar-refractivity contribution is 9.10. The second kappa shape index (κ2) is 7.97. The molecule has 0 unspecified atom stereocenters. The highest BCUT2D eigenvalue weighted by Gasteiger charge is 2.21. The monoisotopic (exact) mass is 451 g/mol. The first-order valence-electron chi connectivity index (χ1n) is 9.00. The minimum atomic E-state index is -0.304. The number of nitrogens with zero attached hydrogens (tertiary/aromatic N) is 1. The van der Waals surface area contributed by atoms with Gasteiger partial charge in [-0.3, -0.25) is 9.59 Å². The van der Waals surface area contributed by atoms with Gasteiger partial charge in [0.15, 0.2) is 0 Å². The van der Waals surface area contributed by atoms with Crippen LogP contribution >= 0.6 is 15.9 Å². The van der Waals surface area contributed by atoms with Gasteiger partial charge in [0.25, 0.3) is 11.8 Å². The molecule has 0 fully saturated rings. The lowest BCUT2D eigenvalue weighted by Gasteiger charge is -2.12. The number of amides is 2. The molecule has 0 radical (unpaired) electrons. The first kappa shape index (κ1) is 19.0. The predicted molar refractivity (Wildman–Crippen MR) is 115 cm³/mol. The van der Waals surface area contributed by atoms with Gasteiger partial charge >= 0.3 is 0 Å². The molecule has 0 aliphatic heterocycles. The molecule has 7 heteroatoms. The molecule has 0 aliphatic carbocycles. The lowest BCUT2D eigenvalue weighted by atomic mass is 10.1. The SMILES string of the molecule is Cn1c(C(=O)Nc2ccccc2C(=O)NCc2ccco2)c(Br)c2ccccc21. The zero-order valence-corrected chi connectivity index (χ0v) is 17.2. The van der Waals surface area contributed by atoms with Crippen LogP contribution in [0.5, 0.6) is 0 Å². The summed E-state index contributed by atoms with van der Waals surface area (Å²) in [4.78, 5) is 25.7. The van der Waals surface area contributed by atoms with Crippen molar-refractivity contribution in [1.29, 1.82) is 0 Å². The summed E-state index contributed by atoms with van der Waals surface area (Å²) in [6.45, 7) is 0.267. The van der Waals surface area contributed by atoms with Crippen LogP contribution in [0.4, 0.5) is 5.69 Å². The molecule has 0 atom stereocenters. The van der Waals surface area contributed by atoms with E-state index >= 15 is 0 Å². The Hall–Kier alpha value is -3.32. The third-order valence-corrected chi connectivity index (χ3v) is 5.49. The molecule has 2 amide bonds. The number of rotatable bonds is 5. The van der Waals surface area contributed by atoms with E-state index in [1.54, 1.807) is 42.7 Å². The van der Waals surface area contributed by atoms with E-state index in [4.69, 9.17) is 4.42 Å². The maximum Gasteiger partial charge on any atom is 0.273 e. The van der Waals surface area contributed by atoms with Crippen LogP contribution in [0.2, 0.25) is 0 Å². The Labute approximate surface area is 175 Å². The van der Waals surface area contributed by atoms with Crippen molar-refractivity contribution in [1.82, 2.24) is 9.88 Å². The van der Waals surface area contributed by atoms with E-state index in [-0.39, 0.29) is 18.4 Å². The fraction of sp³-hybridized carbons (Fsp3) is 0.0909. The van der Waals surface area contributed by atoms with Crippen molar-refractivity contribution in [2.45, 2.75) is 6.54 Å². The molecule has 2 aromatic heterocycles. The first-order chi connectivity index (χ1) is 14.1. The van der Waals surface area contributed by atoms with Crippen molar-refractivity contribution in [3.63, 3.8) is 0 Å². The summed E-state index contributed by atoms with van der Waals surface area (Å²) in [6.07, 6.45) is 1.55. The second-order valence-electron chi connectivity index (χ2n) is 6.50. The zero-order chi connectivity index (χ0) is 20.4. The quantitative estimate of drug-likeness (QED) is 0.460. The summed E-state index contributed by atoms with van der Waals surface area (Å²) < 4.78 is 7.78. The van der Waals surface area contributed by atoms with E-state index in [9.17, 15) is 9.59 Å². The van der Waals surface area contributed by atoms with Gasteiger partial charge in [0.1, 0.15) is 11.5 Å². The van der Waals surface area contributed by atoms with Crippen molar-refractivity contribution in [3.8, 4) is 0 Å². The Morgan fingerprint density at radius 3 is 2.52 bits per heavy atom. The fourth-order valence-corrected chi connectivity index (χ4v) is 4.03. The third kappa shape index (κ3) is 3.69. The van der Waals surface area contributed by atoms with Crippen LogP contribution in [0.1, 0.15) is 26.6 Å². The molecule has 29 heavy (non-hydrogen) atoms. The number of hydrogen-bond donors (Lipinski definition) is 2. The van der Waals surface area contributed by atoms with E-state index in [1.807, 2.05) is 35.9 Å². The number of benzene rings is 2. The Kier molecular flexibility index (Phi) is 5.22. The van der Waals surface area contributed by atoms with Gasteiger partial charge in [-0.05, 0) is 46.3 Å². The maximum absolute atomic E-state index is 13.0. The van der Waals surface area contributed by atoms with Crippen LogP contribution in [0.25, 0.3) is 10.9 Å². The highest BCUT2D eigenvalue weighted by atomic mass is 79.9. The van der Waals surface area contributed by atoms with E-state index in [1.165, 1.54) is 0 Å². The first-order valence-corrected chi connectivity index (χ1v) is 9.79. The van der Waals surface area contributed by atoms with Crippen molar-refractivity contribution < 1.29 is 14.0 Å². The molecular weight excluding hydrogens is 434 g/mol. The van der Waals surface area contributed by atoms with Gasteiger partial charge in [-0.1, -0.05) is 30.3 Å². The minimum absolute atomic E-state index is 0.267. The Morgan fingerprint density at radius 1 is 1.00 bits per heavy atom. The van der Waals surface area contributed by atoms with Crippen molar-refractivity contribution in [2.24, 2.45) is 7.05 Å². The molecule has 2 N–H and O–H groups in total. The van der Waals surface area contributed by atoms with Crippen molar-refractivity contribution in [2.75, 3.05) is 5.32 Å². The number of aromatic nitrogens is 1. The van der Waals surface area contributed by atoms with E-state index < -0.39 is 0 Å². The fourth-order valence-electron chi connectivity index (χ4n) is 3.25. The summed E-state index contributed by atoms with van der Waals surface area (Å²) in [5.41, 5.74) is 2.24. The molecule has 0 aliphatic rings. The average molecular weight is 452 g/mol. The van der Waals surface area contributed by atoms with Crippen molar-refractivity contribution >= 4 is 44.3 Å². The molecule has 2 heterocycles. The van der Waals surface area contributed by atoms with Gasteiger partial charge in [0.2, 0.25) is 0 Å². The second-order valence-corrected chi connectivity index (χ2v) is 7.29. The van der Waals surface area contributed by atoms with Crippen LogP contribution < -0.4 is 10.6 Å². The smallest absolute Gasteiger partial charge is 0.273 e. The van der Waals surface area contributed by atoms with E-state index in [2.05, 4.69) is 26.6 Å². The number of fused-ring (bicyclic) bond motifs is 1. The number of nitrogens with one attached hydrogen (secondary N) is 2. The molecular formula is C22H18BrN3O3. The summed E-state index contributed by atoms with van der Waals surface area (Å²) in [6, 6.07) is 18.2. The van der Waals surface area contributed by atoms with Gasteiger partial charge in [0.05, 0.1) is 28.5 Å². The zero-order valence-electron chi connectivity index (χ0n) is 15.6. The lowest BCUT2D eigenvalue weighted by molar-refractivity contribution is 0.0949. The standard InChI is InChI=1S/C22H18BrN3O3/c1-26-18-11-5-3-9-16(18)19(23)20(26)22(28)25-17-10-4-2-8-15(17)21(27)24-13-14-7-6-12-29-14/h2-12H,13H2,1H3,(H,24,27)(H,25,28). The van der Waals surface area contributed by atoms with Crippen molar-refractivity contribution in [3.05, 3.63) is 88.4 Å². The number of aryl methyl sites for hydroxylation is 1. The maximum atomic E-state index is 13.0.